The summed E-state index contributed by atoms with van der Waals surface area (Å²) >= 11 is 0. The third kappa shape index (κ3) is 20.2. The van der Waals surface area contributed by atoms with Crippen molar-refractivity contribution in [3.05, 3.63) is 89.5 Å². The molecule has 0 N–H and O–H groups in total. The highest BCUT2D eigenvalue weighted by atomic mass is 16.6. The van der Waals surface area contributed by atoms with Gasteiger partial charge >= 0.3 is 23.9 Å². The summed E-state index contributed by atoms with van der Waals surface area (Å²) in [4.78, 5) is 50.1. The predicted octanol–water partition coefficient (Wildman–Crippen LogP) is 12.8. The molecule has 318 valence electrons. The third-order valence-electron chi connectivity index (χ3n) is 10.1. The summed E-state index contributed by atoms with van der Waals surface area (Å²) in [6.07, 6.45) is 25.6. The summed E-state index contributed by atoms with van der Waals surface area (Å²) < 4.78 is 27.2. The maximum absolute atomic E-state index is 12.8. The number of unbranched alkanes of at least 4 members (excludes halogenated alkanes) is 19. The van der Waals surface area contributed by atoms with Gasteiger partial charge in [0.25, 0.3) is 0 Å². The van der Waals surface area contributed by atoms with Crippen LogP contribution in [0.25, 0.3) is 0 Å². The van der Waals surface area contributed by atoms with Gasteiger partial charge in [0.1, 0.15) is 17.2 Å². The highest BCUT2D eigenvalue weighted by molar-refractivity contribution is 5.93. The zero-order valence-electron chi connectivity index (χ0n) is 35.4. The van der Waals surface area contributed by atoms with Crippen LogP contribution in [-0.2, 0) is 14.3 Å². The summed E-state index contributed by atoms with van der Waals surface area (Å²) in [6.45, 7) is 6.78. The molecule has 0 unspecified atom stereocenters. The van der Waals surface area contributed by atoms with Crippen LogP contribution in [-0.4, -0.2) is 43.2 Å². The van der Waals surface area contributed by atoms with Crippen molar-refractivity contribution in [2.75, 3.05) is 13.2 Å². The Morgan fingerprint density at radius 1 is 0.414 bits per heavy atom. The van der Waals surface area contributed by atoms with E-state index in [0.717, 1.165) is 38.5 Å². The average Bonchev–Trinajstić information content (AvgIpc) is 3.23. The second kappa shape index (κ2) is 29.5. The van der Waals surface area contributed by atoms with E-state index in [-0.39, 0.29) is 22.6 Å². The number of carbonyl (C=O) groups is 4. The van der Waals surface area contributed by atoms with E-state index >= 15 is 0 Å². The molecule has 0 bridgehead atoms. The summed E-state index contributed by atoms with van der Waals surface area (Å²) in [5.41, 5.74) is 0.816. The van der Waals surface area contributed by atoms with Crippen molar-refractivity contribution in [3.8, 4) is 17.2 Å². The van der Waals surface area contributed by atoms with Crippen molar-refractivity contribution in [3.63, 3.8) is 0 Å². The summed E-state index contributed by atoms with van der Waals surface area (Å²) in [5.74, 6) is -1.25. The monoisotopic (exact) mass is 800 g/mol. The second-order valence-corrected chi connectivity index (χ2v) is 15.1. The molecule has 3 aromatic rings. The predicted molar refractivity (Wildman–Crippen MR) is 229 cm³/mol. The van der Waals surface area contributed by atoms with E-state index in [9.17, 15) is 19.2 Å². The quantitative estimate of drug-likeness (QED) is 0.0356. The Morgan fingerprint density at radius 2 is 0.741 bits per heavy atom. The summed E-state index contributed by atoms with van der Waals surface area (Å²) in [6, 6.07) is 18.7. The molecule has 0 saturated carbocycles. The zero-order chi connectivity index (χ0) is 41.6. The average molecular weight is 801 g/mol. The molecule has 0 fully saturated rings. The van der Waals surface area contributed by atoms with Crippen molar-refractivity contribution >= 4 is 23.9 Å². The molecule has 0 heterocycles. The van der Waals surface area contributed by atoms with Crippen LogP contribution < -0.4 is 14.2 Å². The number of carbonyl (C=O) groups excluding carboxylic acids is 4. The molecule has 0 radical (unpaired) electrons. The minimum atomic E-state index is -1.05. The minimum Gasteiger partial charge on any atom is -0.494 e. The van der Waals surface area contributed by atoms with Crippen LogP contribution in [0.3, 0.4) is 0 Å². The first-order valence-electron chi connectivity index (χ1n) is 22.1. The normalized spacial score (nSPS) is 11.4. The molecular formula is C49H68O9. The highest BCUT2D eigenvalue weighted by Gasteiger charge is 2.21. The second-order valence-electron chi connectivity index (χ2n) is 15.1. The molecule has 0 saturated heterocycles. The van der Waals surface area contributed by atoms with Gasteiger partial charge in [-0.2, -0.15) is 0 Å². The van der Waals surface area contributed by atoms with Crippen molar-refractivity contribution in [2.24, 2.45) is 0 Å². The smallest absolute Gasteiger partial charge is 0.347 e. The summed E-state index contributed by atoms with van der Waals surface area (Å²) in [5, 5.41) is 0. The number of hydrogen-bond acceptors (Lipinski definition) is 9. The lowest BCUT2D eigenvalue weighted by Crippen LogP contribution is -2.26. The van der Waals surface area contributed by atoms with Crippen LogP contribution in [0.1, 0.15) is 187 Å². The minimum absolute atomic E-state index is 0.191. The lowest BCUT2D eigenvalue weighted by molar-refractivity contribution is -0.153. The Kier molecular flexibility index (Phi) is 24.3. The first-order valence-corrected chi connectivity index (χ1v) is 22.1. The van der Waals surface area contributed by atoms with Gasteiger partial charge in [-0.05, 0) is 92.6 Å². The van der Waals surface area contributed by atoms with E-state index in [2.05, 4.69) is 13.8 Å². The van der Waals surface area contributed by atoms with Gasteiger partial charge in [0.2, 0.25) is 0 Å². The van der Waals surface area contributed by atoms with Gasteiger partial charge in [-0.25, -0.2) is 19.2 Å². The Bertz CT molecular complexity index is 1580. The zero-order valence-corrected chi connectivity index (χ0v) is 35.4. The van der Waals surface area contributed by atoms with Gasteiger partial charge in [0.05, 0.1) is 29.9 Å². The lowest BCUT2D eigenvalue weighted by Gasteiger charge is -2.13. The van der Waals surface area contributed by atoms with E-state index in [1.165, 1.54) is 152 Å². The Labute approximate surface area is 347 Å². The van der Waals surface area contributed by atoms with Gasteiger partial charge < -0.3 is 23.7 Å². The van der Waals surface area contributed by atoms with Gasteiger partial charge in [-0.15, -0.1) is 0 Å². The number of rotatable bonds is 31. The number of benzene rings is 3. The molecule has 0 aliphatic heterocycles. The Hall–Kier alpha value is -4.66. The van der Waals surface area contributed by atoms with E-state index in [1.54, 1.807) is 24.3 Å². The molecule has 1 atom stereocenters. The number of hydrogen-bond donors (Lipinski definition) is 0. The van der Waals surface area contributed by atoms with E-state index in [0.29, 0.717) is 24.5 Å². The van der Waals surface area contributed by atoms with Crippen LogP contribution >= 0.6 is 0 Å². The molecule has 0 aliphatic carbocycles. The highest BCUT2D eigenvalue weighted by Crippen LogP contribution is 2.20. The number of ether oxygens (including phenoxy) is 5. The Morgan fingerprint density at radius 3 is 1.16 bits per heavy atom. The molecule has 58 heavy (non-hydrogen) atoms. The fourth-order valence-corrected chi connectivity index (χ4v) is 6.45. The Balaban J connectivity index is 1.25. The molecule has 3 aromatic carbocycles. The van der Waals surface area contributed by atoms with Crippen LogP contribution in [0.5, 0.6) is 17.2 Å². The molecular weight excluding hydrogens is 733 g/mol. The van der Waals surface area contributed by atoms with Crippen molar-refractivity contribution in [1.82, 2.24) is 0 Å². The number of esters is 4. The third-order valence-corrected chi connectivity index (χ3v) is 10.1. The molecule has 0 aromatic heterocycles. The topological polar surface area (TPSA) is 114 Å². The molecule has 9 heteroatoms. The van der Waals surface area contributed by atoms with Crippen LogP contribution in [0.2, 0.25) is 0 Å². The maximum atomic E-state index is 12.8. The largest absolute Gasteiger partial charge is 0.494 e. The van der Waals surface area contributed by atoms with E-state index in [4.69, 9.17) is 23.7 Å². The lowest BCUT2D eigenvalue weighted by atomic mass is 10.0. The maximum Gasteiger partial charge on any atom is 0.347 e. The molecule has 0 spiro atoms. The van der Waals surface area contributed by atoms with Crippen LogP contribution in [0.15, 0.2) is 72.8 Å². The van der Waals surface area contributed by atoms with Gasteiger partial charge in [0.15, 0.2) is 6.10 Å². The standard InChI is InChI=1S/C49H68O9/c1-4-6-8-10-11-12-13-14-15-16-17-18-19-20-21-22-24-37-54-43-31-25-41(26-32-43)48(52)57-45-35-29-42(30-36-45)49(53)58-44-33-27-40(28-34-44)47(51)56-39(3)46(50)55-38-23-9-7-5-2/h25-36,39H,4-24,37-38H2,1-3H3/t39-/m0/s1. The van der Waals surface area contributed by atoms with Crippen molar-refractivity contribution in [1.29, 1.82) is 0 Å². The van der Waals surface area contributed by atoms with Crippen molar-refractivity contribution < 1.29 is 42.9 Å². The SMILES string of the molecule is CCCCCCCCCCCCCCCCCCCOc1ccc(C(=O)Oc2ccc(C(=O)Oc3ccc(C(=O)O[C@@H](C)C(=O)OCCCCCC)cc3)cc2)cc1. The first kappa shape index (κ1) is 47.7. The first-order chi connectivity index (χ1) is 28.3. The van der Waals surface area contributed by atoms with E-state index < -0.39 is 30.0 Å². The van der Waals surface area contributed by atoms with Crippen LogP contribution in [0.4, 0.5) is 0 Å². The van der Waals surface area contributed by atoms with Crippen molar-refractivity contribution in [2.45, 2.75) is 162 Å². The summed E-state index contributed by atoms with van der Waals surface area (Å²) in [7, 11) is 0. The molecule has 0 amide bonds. The molecule has 3 rings (SSSR count). The van der Waals surface area contributed by atoms with E-state index in [1.807, 2.05) is 0 Å². The fourth-order valence-electron chi connectivity index (χ4n) is 6.45. The fraction of sp³-hybridized carbons (Fsp3) is 0.551. The van der Waals surface area contributed by atoms with Gasteiger partial charge in [-0.3, -0.25) is 0 Å². The van der Waals surface area contributed by atoms with Gasteiger partial charge in [-0.1, -0.05) is 136 Å². The van der Waals surface area contributed by atoms with Gasteiger partial charge in [0, 0.05) is 0 Å². The van der Waals surface area contributed by atoms with Crippen LogP contribution in [0, 0.1) is 0 Å². The molecule has 9 nitrogen and oxygen atoms in total. The molecule has 0 aliphatic rings.